The van der Waals surface area contributed by atoms with Crippen LogP contribution >= 0.6 is 15.9 Å². The molecule has 1 aliphatic rings. The van der Waals surface area contributed by atoms with Crippen molar-refractivity contribution in [3.8, 4) is 0 Å². The molecular weight excluding hydrogens is 358 g/mol. The summed E-state index contributed by atoms with van der Waals surface area (Å²) in [5.41, 5.74) is 2.25. The van der Waals surface area contributed by atoms with Crippen LogP contribution in [0.2, 0.25) is 0 Å². The molecule has 1 saturated heterocycles. The van der Waals surface area contributed by atoms with E-state index in [1.807, 2.05) is 13.0 Å². The second-order valence-corrected chi connectivity index (χ2v) is 6.49. The Labute approximate surface area is 143 Å². The van der Waals surface area contributed by atoms with Crippen molar-refractivity contribution in [3.05, 3.63) is 46.0 Å². The first kappa shape index (κ1) is 15.9. The van der Waals surface area contributed by atoms with Gasteiger partial charge in [0.2, 0.25) is 5.95 Å². The predicted molar refractivity (Wildman–Crippen MR) is 91.3 cm³/mol. The Kier molecular flexibility index (Phi) is 4.85. The molecule has 3 heterocycles. The van der Waals surface area contributed by atoms with E-state index in [9.17, 15) is 4.79 Å². The first-order valence-electron chi connectivity index (χ1n) is 7.60. The summed E-state index contributed by atoms with van der Waals surface area (Å²) in [5, 5.41) is 2.88. The van der Waals surface area contributed by atoms with E-state index in [1.165, 1.54) is 12.8 Å². The lowest BCUT2D eigenvalue weighted by Gasteiger charge is -2.16. The SMILES string of the molecule is Cc1cc(CNC(=O)c2cncc(Br)c2)nc(N2CCCC2)n1. The Morgan fingerprint density at radius 1 is 1.26 bits per heavy atom. The topological polar surface area (TPSA) is 71.0 Å². The quantitative estimate of drug-likeness (QED) is 0.888. The highest BCUT2D eigenvalue weighted by atomic mass is 79.9. The van der Waals surface area contributed by atoms with Gasteiger partial charge in [0.1, 0.15) is 0 Å². The normalized spacial score (nSPS) is 14.1. The van der Waals surface area contributed by atoms with Gasteiger partial charge in [-0.05, 0) is 47.8 Å². The van der Waals surface area contributed by atoms with Gasteiger partial charge in [-0.3, -0.25) is 9.78 Å². The molecule has 0 aromatic carbocycles. The lowest BCUT2D eigenvalue weighted by molar-refractivity contribution is 0.0950. The second-order valence-electron chi connectivity index (χ2n) is 5.57. The lowest BCUT2D eigenvalue weighted by Crippen LogP contribution is -2.25. The molecule has 0 spiro atoms. The van der Waals surface area contributed by atoms with E-state index < -0.39 is 0 Å². The molecule has 23 heavy (non-hydrogen) atoms. The van der Waals surface area contributed by atoms with Gasteiger partial charge >= 0.3 is 0 Å². The van der Waals surface area contributed by atoms with Crippen LogP contribution in [-0.4, -0.2) is 33.9 Å². The van der Waals surface area contributed by atoms with Gasteiger partial charge in [-0.1, -0.05) is 0 Å². The van der Waals surface area contributed by atoms with Crippen LogP contribution < -0.4 is 10.2 Å². The summed E-state index contributed by atoms with van der Waals surface area (Å²) >= 11 is 3.31. The molecule has 0 bridgehead atoms. The van der Waals surface area contributed by atoms with Gasteiger partial charge in [0.15, 0.2) is 0 Å². The monoisotopic (exact) mass is 375 g/mol. The number of pyridine rings is 1. The number of aryl methyl sites for hydroxylation is 1. The maximum Gasteiger partial charge on any atom is 0.253 e. The van der Waals surface area contributed by atoms with E-state index in [2.05, 4.69) is 41.1 Å². The number of anilines is 1. The highest BCUT2D eigenvalue weighted by Gasteiger charge is 2.16. The van der Waals surface area contributed by atoms with E-state index in [4.69, 9.17) is 0 Å². The Balaban J connectivity index is 1.69. The fourth-order valence-electron chi connectivity index (χ4n) is 2.57. The largest absolute Gasteiger partial charge is 0.346 e. The number of rotatable bonds is 4. The fourth-order valence-corrected chi connectivity index (χ4v) is 2.94. The number of carbonyl (C=O) groups excluding carboxylic acids is 1. The van der Waals surface area contributed by atoms with Crippen LogP contribution in [0.4, 0.5) is 5.95 Å². The minimum absolute atomic E-state index is 0.169. The Morgan fingerprint density at radius 2 is 2.04 bits per heavy atom. The van der Waals surface area contributed by atoms with Gasteiger partial charge < -0.3 is 10.2 Å². The molecule has 1 N–H and O–H groups in total. The Hall–Kier alpha value is -2.02. The molecule has 0 unspecified atom stereocenters. The van der Waals surface area contributed by atoms with Crippen molar-refractivity contribution in [1.29, 1.82) is 0 Å². The molecule has 2 aromatic rings. The van der Waals surface area contributed by atoms with Crippen LogP contribution in [0.3, 0.4) is 0 Å². The Morgan fingerprint density at radius 3 is 2.78 bits per heavy atom. The van der Waals surface area contributed by atoms with E-state index in [0.717, 1.165) is 34.9 Å². The van der Waals surface area contributed by atoms with Crippen LogP contribution in [0.25, 0.3) is 0 Å². The third-order valence-corrected chi connectivity index (χ3v) is 4.12. The molecule has 120 valence electrons. The van der Waals surface area contributed by atoms with Crippen LogP contribution in [-0.2, 0) is 6.54 Å². The first-order chi connectivity index (χ1) is 11.1. The smallest absolute Gasteiger partial charge is 0.253 e. The van der Waals surface area contributed by atoms with E-state index >= 15 is 0 Å². The average Bonchev–Trinajstić information content (AvgIpc) is 3.06. The summed E-state index contributed by atoms with van der Waals surface area (Å²) < 4.78 is 0.777. The van der Waals surface area contributed by atoms with Gasteiger partial charge in [-0.2, -0.15) is 0 Å². The molecular formula is C16H18BrN5O. The molecule has 0 saturated carbocycles. The highest BCUT2D eigenvalue weighted by molar-refractivity contribution is 9.10. The molecule has 2 aromatic heterocycles. The zero-order chi connectivity index (χ0) is 16.2. The molecule has 1 fully saturated rings. The van der Waals surface area contributed by atoms with Crippen molar-refractivity contribution in [2.24, 2.45) is 0 Å². The number of aromatic nitrogens is 3. The third-order valence-electron chi connectivity index (χ3n) is 3.68. The number of carbonyl (C=O) groups is 1. The Bertz CT molecular complexity index is 715. The molecule has 7 heteroatoms. The molecule has 0 aliphatic carbocycles. The molecule has 3 rings (SSSR count). The van der Waals surface area contributed by atoms with Crippen LogP contribution in [0.1, 0.15) is 34.6 Å². The minimum Gasteiger partial charge on any atom is -0.346 e. The third kappa shape index (κ3) is 4.04. The average molecular weight is 376 g/mol. The van der Waals surface area contributed by atoms with Gasteiger partial charge in [0, 0.05) is 35.6 Å². The zero-order valence-electron chi connectivity index (χ0n) is 12.9. The van der Waals surface area contributed by atoms with Gasteiger partial charge in [0.25, 0.3) is 5.91 Å². The number of nitrogens with one attached hydrogen (secondary N) is 1. The summed E-state index contributed by atoms with van der Waals surface area (Å²) in [6.45, 7) is 4.32. The van der Waals surface area contributed by atoms with Crippen LogP contribution in [0.15, 0.2) is 29.0 Å². The number of amides is 1. The van der Waals surface area contributed by atoms with E-state index in [0.29, 0.717) is 12.1 Å². The number of hydrogen-bond acceptors (Lipinski definition) is 5. The first-order valence-corrected chi connectivity index (χ1v) is 8.39. The van der Waals surface area contributed by atoms with Crippen molar-refractivity contribution in [2.75, 3.05) is 18.0 Å². The summed E-state index contributed by atoms with van der Waals surface area (Å²) in [4.78, 5) is 27.4. The van der Waals surface area contributed by atoms with Crippen LogP contribution in [0, 0.1) is 6.92 Å². The fraction of sp³-hybridized carbons (Fsp3) is 0.375. The van der Waals surface area contributed by atoms with Crippen molar-refractivity contribution in [2.45, 2.75) is 26.3 Å². The number of nitrogens with zero attached hydrogens (tertiary/aromatic N) is 4. The van der Waals surface area contributed by atoms with Gasteiger partial charge in [0.05, 0.1) is 17.8 Å². The highest BCUT2D eigenvalue weighted by Crippen LogP contribution is 2.16. The minimum atomic E-state index is -0.169. The number of hydrogen-bond donors (Lipinski definition) is 1. The maximum absolute atomic E-state index is 12.2. The van der Waals surface area contributed by atoms with E-state index in [-0.39, 0.29) is 5.91 Å². The zero-order valence-corrected chi connectivity index (χ0v) is 14.5. The summed E-state index contributed by atoms with van der Waals surface area (Å²) in [6, 6.07) is 3.64. The summed E-state index contributed by atoms with van der Waals surface area (Å²) in [6.07, 6.45) is 5.55. The predicted octanol–water partition coefficient (Wildman–Crippen LogP) is 2.47. The van der Waals surface area contributed by atoms with Gasteiger partial charge in [-0.15, -0.1) is 0 Å². The molecule has 1 aliphatic heterocycles. The van der Waals surface area contributed by atoms with Crippen LogP contribution in [0.5, 0.6) is 0 Å². The molecule has 0 atom stereocenters. The van der Waals surface area contributed by atoms with Crippen molar-refractivity contribution in [3.63, 3.8) is 0 Å². The standard InChI is InChI=1S/C16H18BrN5O/c1-11-6-14(21-16(20-11)22-4-2-3-5-22)10-19-15(23)12-7-13(17)9-18-8-12/h6-9H,2-5,10H2,1H3,(H,19,23). The van der Waals surface area contributed by atoms with Crippen molar-refractivity contribution < 1.29 is 4.79 Å². The molecule has 1 amide bonds. The molecule has 0 radical (unpaired) electrons. The molecule has 6 nitrogen and oxygen atoms in total. The van der Waals surface area contributed by atoms with Crippen molar-refractivity contribution >= 4 is 27.8 Å². The number of halogens is 1. The van der Waals surface area contributed by atoms with Crippen molar-refractivity contribution in [1.82, 2.24) is 20.3 Å². The van der Waals surface area contributed by atoms with E-state index in [1.54, 1.807) is 18.5 Å². The second kappa shape index (κ2) is 7.04. The summed E-state index contributed by atoms with van der Waals surface area (Å²) in [7, 11) is 0. The summed E-state index contributed by atoms with van der Waals surface area (Å²) in [5.74, 6) is 0.591. The lowest BCUT2D eigenvalue weighted by atomic mass is 10.2. The maximum atomic E-state index is 12.2. The van der Waals surface area contributed by atoms with Gasteiger partial charge in [-0.25, -0.2) is 9.97 Å².